The Morgan fingerprint density at radius 3 is 3.07 bits per heavy atom. The first-order valence-electron chi connectivity index (χ1n) is 5.40. The van der Waals surface area contributed by atoms with E-state index in [4.69, 9.17) is 17.3 Å². The molecule has 0 aliphatic carbocycles. The van der Waals surface area contributed by atoms with Crippen molar-refractivity contribution in [3.8, 4) is 0 Å². The Labute approximate surface area is 100 Å². The van der Waals surface area contributed by atoms with Crippen LogP contribution >= 0.6 is 22.9 Å². The topological polar surface area (TPSA) is 29.3 Å². The Morgan fingerprint density at radius 2 is 2.47 bits per heavy atom. The molecule has 0 aromatic carbocycles. The second kappa shape index (κ2) is 4.83. The maximum atomic E-state index is 5.98. The molecule has 2 N–H and O–H groups in total. The Kier molecular flexibility index (Phi) is 3.67. The number of nitrogens with zero attached hydrogens (tertiary/aromatic N) is 1. The van der Waals surface area contributed by atoms with Gasteiger partial charge in [-0.05, 0) is 43.3 Å². The maximum absolute atomic E-state index is 5.98. The van der Waals surface area contributed by atoms with Crippen molar-refractivity contribution >= 4 is 22.9 Å². The third-order valence-corrected chi connectivity index (χ3v) is 4.22. The van der Waals surface area contributed by atoms with Gasteiger partial charge in [0.2, 0.25) is 0 Å². The molecule has 1 fully saturated rings. The fraction of sp³-hybridized carbons (Fsp3) is 0.636. The van der Waals surface area contributed by atoms with E-state index < -0.39 is 0 Å². The summed E-state index contributed by atoms with van der Waals surface area (Å²) in [5, 5.41) is 2.15. The number of hydrogen-bond acceptors (Lipinski definition) is 3. The summed E-state index contributed by atoms with van der Waals surface area (Å²) in [5.41, 5.74) is 7.30. The number of halogens is 1. The zero-order valence-corrected chi connectivity index (χ0v) is 10.5. The van der Waals surface area contributed by atoms with Gasteiger partial charge in [0, 0.05) is 18.6 Å². The van der Waals surface area contributed by atoms with Gasteiger partial charge < -0.3 is 5.73 Å². The van der Waals surface area contributed by atoms with Gasteiger partial charge in [0.1, 0.15) is 0 Å². The van der Waals surface area contributed by atoms with Crippen molar-refractivity contribution in [3.63, 3.8) is 0 Å². The molecule has 0 saturated carbocycles. The van der Waals surface area contributed by atoms with Gasteiger partial charge in [0.05, 0.1) is 4.34 Å². The lowest BCUT2D eigenvalue weighted by atomic mass is 10.0. The van der Waals surface area contributed by atoms with Crippen molar-refractivity contribution in [3.05, 3.63) is 21.3 Å². The third kappa shape index (κ3) is 2.72. The van der Waals surface area contributed by atoms with Gasteiger partial charge in [-0.3, -0.25) is 4.90 Å². The summed E-state index contributed by atoms with van der Waals surface area (Å²) >= 11 is 7.55. The predicted octanol–water partition coefficient (Wildman–Crippen LogP) is 2.89. The highest BCUT2D eigenvalue weighted by molar-refractivity contribution is 7.14. The van der Waals surface area contributed by atoms with Gasteiger partial charge in [-0.2, -0.15) is 0 Å². The lowest BCUT2D eigenvalue weighted by Crippen LogP contribution is -2.43. The minimum absolute atomic E-state index is 0.343. The minimum atomic E-state index is 0.343. The van der Waals surface area contributed by atoms with E-state index in [1.165, 1.54) is 12.0 Å². The molecule has 2 rings (SSSR count). The summed E-state index contributed by atoms with van der Waals surface area (Å²) in [7, 11) is 0. The highest BCUT2D eigenvalue weighted by Crippen LogP contribution is 2.29. The molecule has 4 heteroatoms. The van der Waals surface area contributed by atoms with Crippen LogP contribution in [0.2, 0.25) is 4.34 Å². The standard InChI is InChI=1S/C11H17ClN2S/c1-8(9-5-11(12)15-7-9)14-4-2-3-10(13)6-14/h5,7-8,10H,2-4,6,13H2,1H3. The van der Waals surface area contributed by atoms with Gasteiger partial charge in [-0.1, -0.05) is 11.6 Å². The lowest BCUT2D eigenvalue weighted by Gasteiger charge is -2.35. The van der Waals surface area contributed by atoms with Crippen LogP contribution in [0.25, 0.3) is 0 Å². The highest BCUT2D eigenvalue weighted by Gasteiger charge is 2.22. The summed E-state index contributed by atoms with van der Waals surface area (Å²) in [4.78, 5) is 2.45. The van der Waals surface area contributed by atoms with Crippen molar-refractivity contribution in [1.82, 2.24) is 4.90 Å². The monoisotopic (exact) mass is 244 g/mol. The molecule has 0 amide bonds. The van der Waals surface area contributed by atoms with Gasteiger partial charge in [-0.25, -0.2) is 0 Å². The third-order valence-electron chi connectivity index (χ3n) is 3.11. The van der Waals surface area contributed by atoms with Gasteiger partial charge in [-0.15, -0.1) is 11.3 Å². The van der Waals surface area contributed by atoms with E-state index in [9.17, 15) is 0 Å². The average Bonchev–Trinajstić information content (AvgIpc) is 2.64. The van der Waals surface area contributed by atoms with Crippen LogP contribution in [0.15, 0.2) is 11.4 Å². The molecule has 2 atom stereocenters. The highest BCUT2D eigenvalue weighted by atomic mass is 35.5. The van der Waals surface area contributed by atoms with Crippen LogP contribution in [0, 0.1) is 0 Å². The first-order valence-corrected chi connectivity index (χ1v) is 6.66. The molecule has 1 aromatic rings. The molecular formula is C11H17ClN2S. The summed E-state index contributed by atoms with van der Waals surface area (Å²) in [6.45, 7) is 4.40. The van der Waals surface area contributed by atoms with Crippen LogP contribution < -0.4 is 5.73 Å². The van der Waals surface area contributed by atoms with E-state index in [0.29, 0.717) is 12.1 Å². The van der Waals surface area contributed by atoms with Crippen LogP contribution in [0.1, 0.15) is 31.4 Å². The first-order chi connectivity index (χ1) is 7.16. The Balaban J connectivity index is 2.03. The second-order valence-corrected chi connectivity index (χ2v) is 5.80. The van der Waals surface area contributed by atoms with E-state index in [0.717, 1.165) is 23.8 Å². The molecule has 1 aromatic heterocycles. The smallest absolute Gasteiger partial charge is 0.0931 e. The van der Waals surface area contributed by atoms with Crippen molar-refractivity contribution in [1.29, 1.82) is 0 Å². The summed E-state index contributed by atoms with van der Waals surface area (Å²) in [6.07, 6.45) is 2.37. The summed E-state index contributed by atoms with van der Waals surface area (Å²) in [5.74, 6) is 0. The van der Waals surface area contributed by atoms with Crippen LogP contribution in [-0.4, -0.2) is 24.0 Å². The van der Waals surface area contributed by atoms with Crippen molar-refractivity contribution in [2.24, 2.45) is 5.73 Å². The minimum Gasteiger partial charge on any atom is -0.327 e. The molecule has 0 spiro atoms. The van der Waals surface area contributed by atoms with Crippen LogP contribution in [0.3, 0.4) is 0 Å². The SMILES string of the molecule is CC(c1csc(Cl)c1)N1CCCC(N)C1. The van der Waals surface area contributed by atoms with E-state index >= 15 is 0 Å². The molecule has 1 aliphatic rings. The molecule has 0 bridgehead atoms. The van der Waals surface area contributed by atoms with Crippen LogP contribution in [0.4, 0.5) is 0 Å². The number of thiophene rings is 1. The lowest BCUT2D eigenvalue weighted by molar-refractivity contribution is 0.160. The molecule has 0 radical (unpaired) electrons. The molecule has 1 aliphatic heterocycles. The van der Waals surface area contributed by atoms with E-state index in [2.05, 4.69) is 23.3 Å². The quantitative estimate of drug-likeness (QED) is 0.867. The number of nitrogens with two attached hydrogens (primary N) is 1. The summed E-state index contributed by atoms with van der Waals surface area (Å²) < 4.78 is 0.873. The predicted molar refractivity (Wildman–Crippen MR) is 66.5 cm³/mol. The Hall–Kier alpha value is -0.0900. The van der Waals surface area contributed by atoms with E-state index in [1.54, 1.807) is 11.3 Å². The Morgan fingerprint density at radius 1 is 1.67 bits per heavy atom. The fourth-order valence-electron chi connectivity index (χ4n) is 2.15. The van der Waals surface area contributed by atoms with Crippen LogP contribution in [0.5, 0.6) is 0 Å². The molecule has 1 saturated heterocycles. The molecule has 2 heterocycles. The molecular weight excluding hydrogens is 228 g/mol. The van der Waals surface area contributed by atoms with E-state index in [1.807, 2.05) is 0 Å². The van der Waals surface area contributed by atoms with Crippen molar-refractivity contribution in [2.45, 2.75) is 31.8 Å². The second-order valence-electron chi connectivity index (χ2n) is 4.26. The molecule has 15 heavy (non-hydrogen) atoms. The van der Waals surface area contributed by atoms with Crippen LogP contribution in [-0.2, 0) is 0 Å². The van der Waals surface area contributed by atoms with Gasteiger partial charge in [0.25, 0.3) is 0 Å². The van der Waals surface area contributed by atoms with Crippen molar-refractivity contribution in [2.75, 3.05) is 13.1 Å². The van der Waals surface area contributed by atoms with Gasteiger partial charge >= 0.3 is 0 Å². The zero-order chi connectivity index (χ0) is 10.8. The van der Waals surface area contributed by atoms with Gasteiger partial charge in [0.15, 0.2) is 0 Å². The van der Waals surface area contributed by atoms with E-state index in [-0.39, 0.29) is 0 Å². The number of hydrogen-bond donors (Lipinski definition) is 1. The average molecular weight is 245 g/mol. The molecule has 84 valence electrons. The van der Waals surface area contributed by atoms with Crippen molar-refractivity contribution < 1.29 is 0 Å². The number of rotatable bonds is 2. The Bertz CT molecular complexity index is 326. The summed E-state index contributed by atoms with van der Waals surface area (Å²) in [6, 6.07) is 2.85. The number of likely N-dealkylation sites (tertiary alicyclic amines) is 1. The largest absolute Gasteiger partial charge is 0.327 e. The number of piperidine rings is 1. The molecule has 2 unspecified atom stereocenters. The first kappa shape index (κ1) is 11.4. The zero-order valence-electron chi connectivity index (χ0n) is 8.95. The fourth-order valence-corrected chi connectivity index (χ4v) is 3.12. The normalized spacial score (nSPS) is 25.4. The molecule has 2 nitrogen and oxygen atoms in total. The maximum Gasteiger partial charge on any atom is 0.0931 e.